The number of carbonyl (C=O) groups excluding carboxylic acids is 1. The van der Waals surface area contributed by atoms with Crippen molar-refractivity contribution in [3.05, 3.63) is 58.1 Å². The van der Waals surface area contributed by atoms with Gasteiger partial charge in [-0.3, -0.25) is 4.79 Å². The van der Waals surface area contributed by atoms with Crippen LogP contribution in [-0.2, 0) is 11.2 Å². The van der Waals surface area contributed by atoms with E-state index in [1.165, 1.54) is 0 Å². The average molecular weight is 338 g/mol. The quantitative estimate of drug-likeness (QED) is 0.808. The standard InChI is InChI=1S/C17H17Cl2NO2/c1-2-9-22-16-6-4-3-5-15(16)20-17(21)11-12-7-8-13(18)14(19)10-12/h3-8,10H,2,9,11H2,1H3,(H,20,21). The zero-order chi connectivity index (χ0) is 15.9. The molecule has 0 spiro atoms. The van der Waals surface area contributed by atoms with E-state index in [0.29, 0.717) is 28.1 Å². The van der Waals surface area contributed by atoms with Crippen molar-refractivity contribution < 1.29 is 9.53 Å². The summed E-state index contributed by atoms with van der Waals surface area (Å²) in [5.41, 5.74) is 1.47. The smallest absolute Gasteiger partial charge is 0.228 e. The highest BCUT2D eigenvalue weighted by Crippen LogP contribution is 2.25. The van der Waals surface area contributed by atoms with E-state index in [1.807, 2.05) is 31.2 Å². The SMILES string of the molecule is CCCOc1ccccc1NC(=O)Cc1ccc(Cl)c(Cl)c1. The Morgan fingerprint density at radius 3 is 2.64 bits per heavy atom. The third-order valence-corrected chi connectivity index (χ3v) is 3.71. The van der Waals surface area contributed by atoms with Gasteiger partial charge in [0.25, 0.3) is 0 Å². The van der Waals surface area contributed by atoms with Crippen molar-refractivity contribution in [1.82, 2.24) is 0 Å². The molecule has 0 radical (unpaired) electrons. The Hall–Kier alpha value is -1.71. The van der Waals surface area contributed by atoms with E-state index in [9.17, 15) is 4.79 Å². The molecule has 0 heterocycles. The predicted octanol–water partition coefficient (Wildman–Crippen LogP) is 4.96. The van der Waals surface area contributed by atoms with Gasteiger partial charge in [0.05, 0.1) is 28.8 Å². The van der Waals surface area contributed by atoms with Crippen molar-refractivity contribution in [2.45, 2.75) is 19.8 Å². The third-order valence-electron chi connectivity index (χ3n) is 2.97. The second kappa shape index (κ2) is 8.06. The maximum Gasteiger partial charge on any atom is 0.228 e. The van der Waals surface area contributed by atoms with E-state index in [0.717, 1.165) is 12.0 Å². The van der Waals surface area contributed by atoms with E-state index in [1.54, 1.807) is 18.2 Å². The Morgan fingerprint density at radius 2 is 1.91 bits per heavy atom. The molecule has 0 saturated heterocycles. The van der Waals surface area contributed by atoms with Crippen molar-refractivity contribution in [2.75, 3.05) is 11.9 Å². The molecule has 2 rings (SSSR count). The minimum Gasteiger partial charge on any atom is -0.491 e. The molecule has 1 N–H and O–H groups in total. The first-order valence-corrected chi connectivity index (χ1v) is 7.81. The van der Waals surface area contributed by atoms with Crippen LogP contribution in [0.2, 0.25) is 10.0 Å². The van der Waals surface area contributed by atoms with Crippen LogP contribution in [0.15, 0.2) is 42.5 Å². The summed E-state index contributed by atoms with van der Waals surface area (Å²) >= 11 is 11.8. The van der Waals surface area contributed by atoms with Gasteiger partial charge in [-0.05, 0) is 36.2 Å². The number of carbonyl (C=O) groups is 1. The van der Waals surface area contributed by atoms with Crippen LogP contribution in [0.25, 0.3) is 0 Å². The van der Waals surface area contributed by atoms with Crippen LogP contribution in [-0.4, -0.2) is 12.5 Å². The molecule has 0 saturated carbocycles. The number of benzene rings is 2. The lowest BCUT2D eigenvalue weighted by molar-refractivity contribution is -0.115. The van der Waals surface area contributed by atoms with Gasteiger partial charge < -0.3 is 10.1 Å². The fourth-order valence-electron chi connectivity index (χ4n) is 1.94. The number of anilines is 1. The molecule has 3 nitrogen and oxygen atoms in total. The highest BCUT2D eigenvalue weighted by molar-refractivity contribution is 6.42. The average Bonchev–Trinajstić information content (AvgIpc) is 2.50. The first-order chi connectivity index (χ1) is 10.6. The van der Waals surface area contributed by atoms with Gasteiger partial charge in [0.2, 0.25) is 5.91 Å². The van der Waals surface area contributed by atoms with Crippen molar-refractivity contribution in [3.63, 3.8) is 0 Å². The molecule has 0 fully saturated rings. The van der Waals surface area contributed by atoms with Crippen LogP contribution < -0.4 is 10.1 Å². The Kier molecular flexibility index (Phi) is 6.10. The minimum atomic E-state index is -0.133. The number of rotatable bonds is 6. The molecule has 0 bridgehead atoms. The van der Waals surface area contributed by atoms with Crippen molar-refractivity contribution in [2.24, 2.45) is 0 Å². The predicted molar refractivity (Wildman–Crippen MR) is 91.0 cm³/mol. The molecule has 2 aromatic carbocycles. The Balaban J connectivity index is 2.04. The Morgan fingerprint density at radius 1 is 1.14 bits per heavy atom. The lowest BCUT2D eigenvalue weighted by Gasteiger charge is -2.12. The molecule has 2 aromatic rings. The minimum absolute atomic E-state index is 0.133. The maximum atomic E-state index is 12.2. The van der Waals surface area contributed by atoms with E-state index < -0.39 is 0 Å². The van der Waals surface area contributed by atoms with Gasteiger partial charge >= 0.3 is 0 Å². The second-order valence-electron chi connectivity index (χ2n) is 4.82. The summed E-state index contributed by atoms with van der Waals surface area (Å²) in [5, 5.41) is 3.78. The summed E-state index contributed by atoms with van der Waals surface area (Å²) < 4.78 is 5.62. The molecule has 0 unspecified atom stereocenters. The molecular formula is C17H17Cl2NO2. The summed E-state index contributed by atoms with van der Waals surface area (Å²) in [6, 6.07) is 12.6. The molecule has 0 aromatic heterocycles. The summed E-state index contributed by atoms with van der Waals surface area (Å²) in [4.78, 5) is 12.2. The van der Waals surface area contributed by atoms with Crippen molar-refractivity contribution in [3.8, 4) is 5.75 Å². The van der Waals surface area contributed by atoms with Crippen LogP contribution in [0.5, 0.6) is 5.75 Å². The Bertz CT molecular complexity index is 659. The number of ether oxygens (including phenoxy) is 1. The molecule has 0 atom stereocenters. The molecule has 0 aliphatic carbocycles. The normalized spacial score (nSPS) is 10.3. The van der Waals surface area contributed by atoms with Gasteiger partial charge in [-0.1, -0.05) is 48.3 Å². The molecular weight excluding hydrogens is 321 g/mol. The molecule has 0 aliphatic rings. The Labute approximate surface area is 140 Å². The molecule has 0 aliphatic heterocycles. The van der Waals surface area contributed by atoms with E-state index in [4.69, 9.17) is 27.9 Å². The first kappa shape index (κ1) is 16.7. The van der Waals surface area contributed by atoms with Gasteiger partial charge in [-0.2, -0.15) is 0 Å². The van der Waals surface area contributed by atoms with E-state index in [2.05, 4.69) is 5.32 Å². The molecule has 116 valence electrons. The number of halogens is 2. The number of hydrogen-bond donors (Lipinski definition) is 1. The lowest BCUT2D eigenvalue weighted by atomic mass is 10.1. The summed E-state index contributed by atoms with van der Waals surface area (Å²) in [5.74, 6) is 0.540. The monoisotopic (exact) mass is 337 g/mol. The number of amides is 1. The van der Waals surface area contributed by atoms with Crippen LogP contribution >= 0.6 is 23.2 Å². The fourth-order valence-corrected chi connectivity index (χ4v) is 2.26. The van der Waals surface area contributed by atoms with Crippen LogP contribution in [0.1, 0.15) is 18.9 Å². The summed E-state index contributed by atoms with van der Waals surface area (Å²) in [6.45, 7) is 2.64. The largest absolute Gasteiger partial charge is 0.491 e. The van der Waals surface area contributed by atoms with Gasteiger partial charge in [0.1, 0.15) is 5.75 Å². The van der Waals surface area contributed by atoms with Gasteiger partial charge in [-0.25, -0.2) is 0 Å². The molecule has 22 heavy (non-hydrogen) atoms. The van der Waals surface area contributed by atoms with Gasteiger partial charge in [0, 0.05) is 0 Å². The maximum absolute atomic E-state index is 12.2. The highest BCUT2D eigenvalue weighted by atomic mass is 35.5. The van der Waals surface area contributed by atoms with Crippen molar-refractivity contribution in [1.29, 1.82) is 0 Å². The first-order valence-electron chi connectivity index (χ1n) is 7.05. The van der Waals surface area contributed by atoms with Crippen LogP contribution in [0.4, 0.5) is 5.69 Å². The summed E-state index contributed by atoms with van der Waals surface area (Å²) in [7, 11) is 0. The fraction of sp³-hybridized carbons (Fsp3) is 0.235. The molecule has 5 heteroatoms. The van der Waals surface area contributed by atoms with E-state index in [-0.39, 0.29) is 12.3 Å². The van der Waals surface area contributed by atoms with Crippen LogP contribution in [0, 0.1) is 0 Å². The zero-order valence-corrected chi connectivity index (χ0v) is 13.7. The topological polar surface area (TPSA) is 38.3 Å². The number of hydrogen-bond acceptors (Lipinski definition) is 2. The molecule has 1 amide bonds. The lowest BCUT2D eigenvalue weighted by Crippen LogP contribution is -2.15. The van der Waals surface area contributed by atoms with Gasteiger partial charge in [0.15, 0.2) is 0 Å². The number of para-hydroxylation sites is 2. The van der Waals surface area contributed by atoms with Crippen molar-refractivity contribution >= 4 is 34.8 Å². The third kappa shape index (κ3) is 4.65. The van der Waals surface area contributed by atoms with Crippen LogP contribution in [0.3, 0.4) is 0 Å². The second-order valence-corrected chi connectivity index (χ2v) is 5.63. The zero-order valence-electron chi connectivity index (χ0n) is 12.2. The highest BCUT2D eigenvalue weighted by Gasteiger charge is 2.09. The number of nitrogens with one attached hydrogen (secondary N) is 1. The van der Waals surface area contributed by atoms with E-state index >= 15 is 0 Å². The summed E-state index contributed by atoms with van der Waals surface area (Å²) in [6.07, 6.45) is 1.13. The van der Waals surface area contributed by atoms with Gasteiger partial charge in [-0.15, -0.1) is 0 Å².